The van der Waals surface area contributed by atoms with Crippen molar-refractivity contribution < 1.29 is 4.74 Å². The van der Waals surface area contributed by atoms with E-state index in [1.54, 1.807) is 6.08 Å². The topological polar surface area (TPSA) is 9.23 Å². The Bertz CT molecular complexity index is 59.6. The Morgan fingerprint density at radius 2 is 2.22 bits per heavy atom. The van der Waals surface area contributed by atoms with Crippen molar-refractivity contribution in [1.29, 1.82) is 0 Å². The molecule has 0 saturated heterocycles. The maximum absolute atomic E-state index is 5.17. The molecule has 0 N–H and O–H groups in total. The first kappa shape index (κ1) is 8.70. The maximum Gasteiger partial charge on any atom is 0.0644 e. The quantitative estimate of drug-likeness (QED) is 0.304. The largest absolute Gasteiger partial charge is 0.377 e. The Kier molecular flexibility index (Phi) is 7.44. The summed E-state index contributed by atoms with van der Waals surface area (Å²) in [5.74, 6) is 0. The molecule has 1 nitrogen and oxygen atoms in total. The van der Waals surface area contributed by atoms with Gasteiger partial charge in [0, 0.05) is 6.61 Å². The van der Waals surface area contributed by atoms with Crippen LogP contribution in [0.3, 0.4) is 0 Å². The van der Waals surface area contributed by atoms with Crippen LogP contribution in [0, 0.1) is 0 Å². The highest BCUT2D eigenvalue weighted by atomic mass is 16.5. The highest BCUT2D eigenvalue weighted by molar-refractivity contribution is 4.63. The molecule has 9 heavy (non-hydrogen) atoms. The van der Waals surface area contributed by atoms with E-state index in [0.29, 0.717) is 6.61 Å². The summed E-state index contributed by atoms with van der Waals surface area (Å²) in [6.07, 6.45) is 5.50. The fourth-order valence-corrected chi connectivity index (χ4v) is 0.621. The molecule has 0 saturated carbocycles. The van der Waals surface area contributed by atoms with Crippen LogP contribution in [0.15, 0.2) is 12.7 Å². The lowest BCUT2D eigenvalue weighted by atomic mass is 10.3. The Morgan fingerprint density at radius 3 is 2.78 bits per heavy atom. The van der Waals surface area contributed by atoms with E-state index in [1.165, 1.54) is 19.3 Å². The van der Waals surface area contributed by atoms with Crippen LogP contribution >= 0.6 is 0 Å². The third kappa shape index (κ3) is 7.70. The molecule has 0 unspecified atom stereocenters. The van der Waals surface area contributed by atoms with Gasteiger partial charge in [-0.25, -0.2) is 0 Å². The third-order valence-electron chi connectivity index (χ3n) is 1.13. The van der Waals surface area contributed by atoms with E-state index >= 15 is 0 Å². The van der Waals surface area contributed by atoms with E-state index in [0.717, 1.165) is 6.61 Å². The van der Waals surface area contributed by atoms with Gasteiger partial charge in [-0.3, -0.25) is 0 Å². The van der Waals surface area contributed by atoms with Crippen LogP contribution in [-0.4, -0.2) is 13.2 Å². The van der Waals surface area contributed by atoms with Crippen molar-refractivity contribution in [3.8, 4) is 0 Å². The van der Waals surface area contributed by atoms with Gasteiger partial charge in [0.1, 0.15) is 0 Å². The SMILES string of the molecule is C=CCO[13CH2]CCCC. The van der Waals surface area contributed by atoms with Gasteiger partial charge in [-0.1, -0.05) is 25.8 Å². The van der Waals surface area contributed by atoms with E-state index in [4.69, 9.17) is 4.74 Å². The van der Waals surface area contributed by atoms with E-state index in [1.807, 2.05) is 0 Å². The first-order valence-electron chi connectivity index (χ1n) is 3.60. The van der Waals surface area contributed by atoms with Gasteiger partial charge < -0.3 is 4.74 Å². The van der Waals surface area contributed by atoms with Crippen molar-refractivity contribution in [1.82, 2.24) is 0 Å². The normalized spacial score (nSPS) is 9.44. The van der Waals surface area contributed by atoms with Crippen LogP contribution in [0.2, 0.25) is 0 Å². The summed E-state index contributed by atoms with van der Waals surface area (Å²) in [4.78, 5) is 0. The molecular weight excluding hydrogens is 113 g/mol. The van der Waals surface area contributed by atoms with Gasteiger partial charge in [-0.15, -0.1) is 6.58 Å². The smallest absolute Gasteiger partial charge is 0.0644 e. The summed E-state index contributed by atoms with van der Waals surface area (Å²) in [7, 11) is 0. The second-order valence-electron chi connectivity index (χ2n) is 2.07. The lowest BCUT2D eigenvalue weighted by Crippen LogP contribution is -1.92. The molecule has 0 aromatic rings. The fraction of sp³-hybridized carbons (Fsp3) is 0.750. The van der Waals surface area contributed by atoms with Crippen LogP contribution in [0.4, 0.5) is 0 Å². The molecule has 0 fully saturated rings. The number of ether oxygens (including phenoxy) is 1. The third-order valence-corrected chi connectivity index (χ3v) is 1.13. The second kappa shape index (κ2) is 7.70. The van der Waals surface area contributed by atoms with Crippen LogP contribution < -0.4 is 0 Å². The molecule has 1 heteroatoms. The standard InChI is InChI=1S/C8H16O/c1-3-5-6-8-9-7-4-2/h4H,2-3,5-8H2,1H3/i8+1. The van der Waals surface area contributed by atoms with Crippen molar-refractivity contribution in [3.63, 3.8) is 0 Å². The van der Waals surface area contributed by atoms with E-state index in [9.17, 15) is 0 Å². The highest BCUT2D eigenvalue weighted by Gasteiger charge is 1.83. The zero-order chi connectivity index (χ0) is 6.95. The second-order valence-corrected chi connectivity index (χ2v) is 2.07. The number of unbranched alkanes of at least 4 members (excludes halogenated alkanes) is 2. The van der Waals surface area contributed by atoms with E-state index < -0.39 is 0 Å². The highest BCUT2D eigenvalue weighted by Crippen LogP contribution is 1.93. The van der Waals surface area contributed by atoms with Crippen molar-refractivity contribution in [2.24, 2.45) is 0 Å². The summed E-state index contributed by atoms with van der Waals surface area (Å²) in [5, 5.41) is 0. The van der Waals surface area contributed by atoms with Gasteiger partial charge in [-0.2, -0.15) is 0 Å². The first-order valence-corrected chi connectivity index (χ1v) is 3.60. The lowest BCUT2D eigenvalue weighted by Gasteiger charge is -1.97. The Balaban J connectivity index is 2.66. The van der Waals surface area contributed by atoms with Crippen LogP contribution in [-0.2, 0) is 4.74 Å². The summed E-state index contributed by atoms with van der Waals surface area (Å²) in [5.41, 5.74) is 0. The number of rotatable bonds is 6. The zero-order valence-electron chi connectivity index (χ0n) is 6.23. The van der Waals surface area contributed by atoms with Crippen molar-refractivity contribution in [2.45, 2.75) is 26.2 Å². The Morgan fingerprint density at radius 1 is 1.44 bits per heavy atom. The minimum absolute atomic E-state index is 0.698. The molecule has 0 aromatic carbocycles. The lowest BCUT2D eigenvalue weighted by molar-refractivity contribution is 0.158. The number of hydrogen-bond acceptors (Lipinski definition) is 1. The van der Waals surface area contributed by atoms with Gasteiger partial charge in [0.15, 0.2) is 0 Å². The first-order chi connectivity index (χ1) is 4.41. The minimum atomic E-state index is 0.698. The van der Waals surface area contributed by atoms with Gasteiger partial charge in [0.25, 0.3) is 0 Å². The summed E-state index contributed by atoms with van der Waals surface area (Å²) in [6, 6.07) is 0. The van der Waals surface area contributed by atoms with E-state index in [2.05, 4.69) is 13.5 Å². The van der Waals surface area contributed by atoms with Gasteiger partial charge in [-0.05, 0) is 6.42 Å². The molecule has 0 atom stereocenters. The molecule has 0 heterocycles. The molecule has 0 aliphatic rings. The fourth-order valence-electron chi connectivity index (χ4n) is 0.621. The monoisotopic (exact) mass is 129 g/mol. The van der Waals surface area contributed by atoms with Crippen LogP contribution in [0.5, 0.6) is 0 Å². The zero-order valence-corrected chi connectivity index (χ0v) is 6.23. The molecule has 0 spiro atoms. The predicted octanol–water partition coefficient (Wildman–Crippen LogP) is 2.38. The average molecular weight is 129 g/mol. The van der Waals surface area contributed by atoms with E-state index in [-0.39, 0.29) is 0 Å². The average Bonchev–Trinajstić information content (AvgIpc) is 1.89. The summed E-state index contributed by atoms with van der Waals surface area (Å²) in [6.45, 7) is 7.33. The molecule has 0 aromatic heterocycles. The molecule has 0 aliphatic carbocycles. The maximum atomic E-state index is 5.17. The minimum Gasteiger partial charge on any atom is -0.377 e. The molecular formula is C8H16O. The predicted molar refractivity (Wildman–Crippen MR) is 40.5 cm³/mol. The molecule has 0 amide bonds. The molecule has 0 aliphatic heterocycles. The molecule has 0 bridgehead atoms. The van der Waals surface area contributed by atoms with Gasteiger partial charge in [0.2, 0.25) is 0 Å². The van der Waals surface area contributed by atoms with Crippen LogP contribution in [0.1, 0.15) is 26.2 Å². The molecule has 0 rings (SSSR count). The Labute approximate surface area is 57.7 Å². The van der Waals surface area contributed by atoms with Crippen molar-refractivity contribution in [2.75, 3.05) is 13.2 Å². The molecule has 54 valence electrons. The van der Waals surface area contributed by atoms with Crippen molar-refractivity contribution in [3.05, 3.63) is 12.7 Å². The summed E-state index contributed by atoms with van der Waals surface area (Å²) >= 11 is 0. The van der Waals surface area contributed by atoms with Crippen molar-refractivity contribution >= 4 is 0 Å². The number of hydrogen-bond donors (Lipinski definition) is 0. The Hall–Kier alpha value is -0.300. The van der Waals surface area contributed by atoms with Crippen LogP contribution in [0.25, 0.3) is 0 Å². The summed E-state index contributed by atoms with van der Waals surface area (Å²) < 4.78 is 5.17. The van der Waals surface area contributed by atoms with Gasteiger partial charge >= 0.3 is 0 Å². The molecule has 0 radical (unpaired) electrons. The van der Waals surface area contributed by atoms with Gasteiger partial charge in [0.05, 0.1) is 6.61 Å².